The van der Waals surface area contributed by atoms with E-state index in [4.69, 9.17) is 9.47 Å². The minimum absolute atomic E-state index is 0. The lowest BCUT2D eigenvalue weighted by atomic mass is 10.1. The lowest BCUT2D eigenvalue weighted by Gasteiger charge is -2.33. The fourth-order valence-electron chi connectivity index (χ4n) is 7.54. The number of quaternary nitrogens is 2. The van der Waals surface area contributed by atoms with E-state index in [1.54, 1.807) is 0 Å². The summed E-state index contributed by atoms with van der Waals surface area (Å²) < 4.78 is 14.9. The van der Waals surface area contributed by atoms with Crippen molar-refractivity contribution in [2.75, 3.05) is 74.7 Å². The van der Waals surface area contributed by atoms with Gasteiger partial charge in [-0.1, -0.05) is 154 Å². The minimum atomic E-state index is 0. The predicted octanol–water partition coefficient (Wildman–Crippen LogP) is 8.81. The molecule has 0 aliphatic carbocycles. The van der Waals surface area contributed by atoms with E-state index in [1.807, 2.05) is 0 Å². The zero-order chi connectivity index (χ0) is 39.7. The van der Waals surface area contributed by atoms with Crippen LogP contribution in [-0.2, 0) is 9.47 Å². The molecule has 6 heteroatoms. The van der Waals surface area contributed by atoms with Crippen LogP contribution < -0.4 is 34.0 Å². The molecule has 0 saturated carbocycles. The number of nitrogens with zero attached hydrogens (tertiary/aromatic N) is 2. The van der Waals surface area contributed by atoms with Crippen LogP contribution in [0.2, 0.25) is 0 Å². The fraction of sp³-hybridized carbons (Fsp3) is 0.920. The van der Waals surface area contributed by atoms with Gasteiger partial charge in [-0.3, -0.25) is 0 Å². The highest BCUT2D eigenvalue weighted by Gasteiger charge is 2.23. The molecule has 0 aliphatic heterocycles. The molecule has 4 nitrogen and oxygen atoms in total. The largest absolute Gasteiger partial charge is 1.00 e. The standard InChI is InChI=1S/C50H102N2O2.2BrH/c1-8-10-12-14-16-18-20-22-24-26-28-30-32-34-38-42-46-53-49-50(48-52(6,7)45-41-37-36-40-44-51(3,4)5)54-47-43-39-35-33-31-29-27-25-23-21-19-17-15-13-11-9-2;;/h22-25,50H,8-21,26-49H2,1-7H3;2*1H/q+2;;/p-2/b24-22-,25-23-;;. The summed E-state index contributed by atoms with van der Waals surface area (Å²) in [6.07, 6.45) is 53.0. The van der Waals surface area contributed by atoms with Gasteiger partial charge in [0.25, 0.3) is 0 Å². The molecular formula is C50H102Br2N2O2. The van der Waals surface area contributed by atoms with E-state index in [-0.39, 0.29) is 40.1 Å². The first-order chi connectivity index (χ1) is 26.2. The summed E-state index contributed by atoms with van der Waals surface area (Å²) in [5.41, 5.74) is 0. The van der Waals surface area contributed by atoms with E-state index in [0.29, 0.717) is 0 Å². The van der Waals surface area contributed by atoms with Crippen LogP contribution in [0.25, 0.3) is 0 Å². The SMILES string of the molecule is CCCCCCCC/C=C\CCCCCCCCOCC(C[N+](C)(C)CCCCCC[N+](C)(C)C)OCCCCCCCC/C=C\CCCCCCCC.[Br-].[Br-]. The molecule has 0 saturated heterocycles. The molecule has 0 aromatic rings. The Morgan fingerprint density at radius 3 is 1.14 bits per heavy atom. The fourth-order valence-corrected chi connectivity index (χ4v) is 7.54. The van der Waals surface area contributed by atoms with Crippen LogP contribution in [0.1, 0.15) is 219 Å². The van der Waals surface area contributed by atoms with Gasteiger partial charge in [-0.2, -0.15) is 0 Å². The molecule has 0 aromatic heterocycles. The van der Waals surface area contributed by atoms with Gasteiger partial charge in [0.1, 0.15) is 12.6 Å². The highest BCUT2D eigenvalue weighted by atomic mass is 79.9. The zero-order valence-electron chi connectivity index (χ0n) is 39.2. The Kier molecular flexibility index (Phi) is 50.1. The Labute approximate surface area is 374 Å². The van der Waals surface area contributed by atoms with Gasteiger partial charge >= 0.3 is 0 Å². The Morgan fingerprint density at radius 2 is 0.732 bits per heavy atom. The van der Waals surface area contributed by atoms with E-state index in [1.165, 1.54) is 219 Å². The van der Waals surface area contributed by atoms with Crippen LogP contribution >= 0.6 is 0 Å². The number of hydrogen-bond acceptors (Lipinski definition) is 2. The molecule has 0 aliphatic rings. The molecule has 1 unspecified atom stereocenters. The molecule has 0 N–H and O–H groups in total. The summed E-state index contributed by atoms with van der Waals surface area (Å²) in [4.78, 5) is 0. The summed E-state index contributed by atoms with van der Waals surface area (Å²) in [6.45, 7) is 10.7. The quantitative estimate of drug-likeness (QED) is 0.0346. The van der Waals surface area contributed by atoms with E-state index >= 15 is 0 Å². The summed E-state index contributed by atoms with van der Waals surface area (Å²) >= 11 is 0. The molecule has 0 radical (unpaired) electrons. The van der Waals surface area contributed by atoms with E-state index < -0.39 is 0 Å². The van der Waals surface area contributed by atoms with Gasteiger partial charge in [0.2, 0.25) is 0 Å². The molecular weight excluding hydrogens is 820 g/mol. The van der Waals surface area contributed by atoms with Gasteiger partial charge in [-0.15, -0.1) is 0 Å². The van der Waals surface area contributed by atoms with Crippen LogP contribution in [0.4, 0.5) is 0 Å². The first-order valence-electron chi connectivity index (χ1n) is 24.3. The predicted molar refractivity (Wildman–Crippen MR) is 243 cm³/mol. The molecule has 0 rings (SSSR count). The zero-order valence-corrected chi connectivity index (χ0v) is 42.4. The lowest BCUT2D eigenvalue weighted by Crippen LogP contribution is -3.00. The number of likely N-dealkylation sites (N-methyl/N-ethyl adjacent to an activating group) is 1. The second kappa shape index (κ2) is 46.3. The van der Waals surface area contributed by atoms with Crippen molar-refractivity contribution in [1.29, 1.82) is 0 Å². The number of rotatable bonds is 44. The second-order valence-electron chi connectivity index (χ2n) is 18.7. The molecule has 0 fully saturated rings. The average molecular weight is 923 g/mol. The number of unbranched alkanes of at least 4 members (excludes halogenated alkanes) is 27. The summed E-state index contributed by atoms with van der Waals surface area (Å²) in [5, 5.41) is 0. The van der Waals surface area contributed by atoms with Crippen molar-refractivity contribution in [2.45, 2.75) is 225 Å². The van der Waals surface area contributed by atoms with Crippen molar-refractivity contribution < 1.29 is 52.4 Å². The third kappa shape index (κ3) is 50.4. The molecule has 0 bridgehead atoms. The van der Waals surface area contributed by atoms with Gasteiger partial charge in [-0.25, -0.2) is 0 Å². The maximum atomic E-state index is 6.56. The maximum Gasteiger partial charge on any atom is 0.130 e. The minimum Gasteiger partial charge on any atom is -1.00 e. The molecule has 1 atom stereocenters. The first-order valence-corrected chi connectivity index (χ1v) is 24.3. The molecule has 0 heterocycles. The summed E-state index contributed by atoms with van der Waals surface area (Å²) in [6, 6.07) is 0. The van der Waals surface area contributed by atoms with E-state index in [0.717, 1.165) is 35.3 Å². The van der Waals surface area contributed by atoms with Gasteiger partial charge in [0.05, 0.1) is 54.9 Å². The van der Waals surface area contributed by atoms with Crippen molar-refractivity contribution in [3.05, 3.63) is 24.3 Å². The molecule has 0 aromatic carbocycles. The lowest BCUT2D eigenvalue weighted by molar-refractivity contribution is -0.893. The Morgan fingerprint density at radius 1 is 0.393 bits per heavy atom. The second-order valence-corrected chi connectivity index (χ2v) is 18.7. The number of hydrogen-bond donors (Lipinski definition) is 0. The Balaban J connectivity index is -0.0000140. The molecule has 338 valence electrons. The molecule has 0 amide bonds. The van der Waals surface area contributed by atoms with Crippen molar-refractivity contribution in [1.82, 2.24) is 0 Å². The normalized spacial score (nSPS) is 12.8. The highest BCUT2D eigenvalue weighted by Crippen LogP contribution is 2.14. The van der Waals surface area contributed by atoms with Crippen molar-refractivity contribution in [3.8, 4) is 0 Å². The van der Waals surface area contributed by atoms with E-state index in [2.05, 4.69) is 73.4 Å². The Hall–Kier alpha value is 0.280. The number of allylic oxidation sites excluding steroid dienone is 4. The highest BCUT2D eigenvalue weighted by molar-refractivity contribution is 4.82. The molecule has 56 heavy (non-hydrogen) atoms. The maximum absolute atomic E-state index is 6.56. The first kappa shape index (κ1) is 60.6. The van der Waals surface area contributed by atoms with Gasteiger partial charge < -0.3 is 52.4 Å². The van der Waals surface area contributed by atoms with Gasteiger partial charge in [-0.05, 0) is 89.9 Å². The third-order valence-corrected chi connectivity index (χ3v) is 11.2. The summed E-state index contributed by atoms with van der Waals surface area (Å²) in [7, 11) is 11.7. The van der Waals surface area contributed by atoms with Crippen molar-refractivity contribution in [2.24, 2.45) is 0 Å². The topological polar surface area (TPSA) is 18.5 Å². The Bertz CT molecular complexity index is 798. The third-order valence-electron chi connectivity index (χ3n) is 11.2. The van der Waals surface area contributed by atoms with Crippen LogP contribution in [-0.4, -0.2) is 89.8 Å². The van der Waals surface area contributed by atoms with Crippen LogP contribution in [0.5, 0.6) is 0 Å². The van der Waals surface area contributed by atoms with Gasteiger partial charge in [0.15, 0.2) is 0 Å². The van der Waals surface area contributed by atoms with Crippen molar-refractivity contribution in [3.63, 3.8) is 0 Å². The monoisotopic (exact) mass is 921 g/mol. The van der Waals surface area contributed by atoms with Crippen LogP contribution in [0.3, 0.4) is 0 Å². The van der Waals surface area contributed by atoms with Gasteiger partial charge in [0, 0.05) is 13.2 Å². The average Bonchev–Trinajstić information content (AvgIpc) is 3.13. The van der Waals surface area contributed by atoms with Crippen LogP contribution in [0, 0.1) is 0 Å². The number of halogens is 2. The summed E-state index contributed by atoms with van der Waals surface area (Å²) in [5.74, 6) is 0. The smallest absolute Gasteiger partial charge is 0.130 e. The van der Waals surface area contributed by atoms with Crippen molar-refractivity contribution >= 4 is 0 Å². The molecule has 0 spiro atoms. The number of ether oxygens (including phenoxy) is 2. The van der Waals surface area contributed by atoms with E-state index in [9.17, 15) is 0 Å². The van der Waals surface area contributed by atoms with Crippen LogP contribution in [0.15, 0.2) is 24.3 Å².